The Hall–Kier alpha value is -2.64. The summed E-state index contributed by atoms with van der Waals surface area (Å²) in [5.74, 6) is -0.791. The Labute approximate surface area is 106 Å². The second kappa shape index (κ2) is 4.92. The zero-order chi connectivity index (χ0) is 14.0. The fourth-order valence-electron chi connectivity index (χ4n) is 1.57. The van der Waals surface area contributed by atoms with Crippen molar-refractivity contribution >= 4 is 17.0 Å². The van der Waals surface area contributed by atoms with Crippen LogP contribution in [0.2, 0.25) is 0 Å². The molecule has 0 amide bonds. The van der Waals surface area contributed by atoms with Crippen molar-refractivity contribution in [2.75, 3.05) is 13.7 Å². The van der Waals surface area contributed by atoms with Crippen molar-refractivity contribution < 1.29 is 14.3 Å². The third-order valence-electron chi connectivity index (χ3n) is 2.41. The van der Waals surface area contributed by atoms with Gasteiger partial charge in [-0.15, -0.1) is 0 Å². The Bertz CT molecular complexity index is 746. The minimum Gasteiger partial charge on any atom is -0.468 e. The monoisotopic (exact) mass is 265 g/mol. The van der Waals surface area contributed by atoms with Crippen molar-refractivity contribution in [2.45, 2.75) is 6.92 Å². The normalized spacial score (nSPS) is 10.4. The van der Waals surface area contributed by atoms with Crippen LogP contribution < -0.4 is 15.7 Å². The van der Waals surface area contributed by atoms with E-state index in [2.05, 4.69) is 15.0 Å². The van der Waals surface area contributed by atoms with Crippen LogP contribution in [0.1, 0.15) is 17.3 Å². The second-order valence-electron chi connectivity index (χ2n) is 3.55. The molecule has 0 saturated carbocycles. The smallest absolute Gasteiger partial charge is 0.343 e. The zero-order valence-corrected chi connectivity index (χ0v) is 10.3. The molecule has 0 aliphatic rings. The van der Waals surface area contributed by atoms with Gasteiger partial charge in [0.05, 0.1) is 13.7 Å². The Morgan fingerprint density at radius 3 is 2.79 bits per heavy atom. The van der Waals surface area contributed by atoms with Crippen molar-refractivity contribution in [1.29, 1.82) is 0 Å². The summed E-state index contributed by atoms with van der Waals surface area (Å²) in [6.45, 7) is 1.75. The third kappa shape index (κ3) is 2.19. The number of aromatic nitrogens is 3. The molecule has 2 rings (SSSR count). The fourth-order valence-corrected chi connectivity index (χ4v) is 1.57. The number of carbonyl (C=O) groups is 1. The molecule has 2 N–H and O–H groups in total. The molecule has 0 radical (unpaired) electrons. The van der Waals surface area contributed by atoms with Gasteiger partial charge in [0.1, 0.15) is 10.9 Å². The molecular formula is C11H11N3O5. The van der Waals surface area contributed by atoms with Gasteiger partial charge in [-0.05, 0) is 6.92 Å². The van der Waals surface area contributed by atoms with Crippen LogP contribution >= 0.6 is 0 Å². The quantitative estimate of drug-likeness (QED) is 0.742. The largest absolute Gasteiger partial charge is 0.468 e. The van der Waals surface area contributed by atoms with Crippen LogP contribution in [0.25, 0.3) is 11.0 Å². The van der Waals surface area contributed by atoms with E-state index in [9.17, 15) is 14.4 Å². The third-order valence-corrected chi connectivity index (χ3v) is 2.41. The first kappa shape index (κ1) is 12.8. The fraction of sp³-hybridized carbons (Fsp3) is 0.273. The van der Waals surface area contributed by atoms with Crippen molar-refractivity contribution in [2.24, 2.45) is 0 Å². The Balaban J connectivity index is 2.72. The number of hydrogen-bond acceptors (Lipinski definition) is 6. The Kier molecular flexibility index (Phi) is 3.32. The highest BCUT2D eigenvalue weighted by molar-refractivity contribution is 5.92. The Morgan fingerprint density at radius 1 is 1.42 bits per heavy atom. The number of methoxy groups -OCH3 is 1. The SMILES string of the molecule is CCOC(=O)c1c[nH]c2nc(OC)[nH]c(=O)c2c1=O. The molecule has 2 heterocycles. The number of carbonyl (C=O) groups excluding carboxylic acids is 1. The van der Waals surface area contributed by atoms with Gasteiger partial charge in [0.25, 0.3) is 11.6 Å². The molecule has 8 heteroatoms. The van der Waals surface area contributed by atoms with E-state index in [1.165, 1.54) is 7.11 Å². The van der Waals surface area contributed by atoms with Gasteiger partial charge in [-0.2, -0.15) is 4.98 Å². The first-order valence-electron chi connectivity index (χ1n) is 5.45. The molecule has 100 valence electrons. The topological polar surface area (TPSA) is 114 Å². The molecule has 0 atom stereocenters. The van der Waals surface area contributed by atoms with Crippen LogP contribution in [0.15, 0.2) is 15.8 Å². The summed E-state index contributed by atoms with van der Waals surface area (Å²) in [5.41, 5.74) is -1.62. The molecule has 0 saturated heterocycles. The van der Waals surface area contributed by atoms with Crippen LogP contribution in [0, 0.1) is 0 Å². The second-order valence-corrected chi connectivity index (χ2v) is 3.55. The lowest BCUT2D eigenvalue weighted by Gasteiger charge is -2.03. The highest BCUT2D eigenvalue weighted by atomic mass is 16.5. The van der Waals surface area contributed by atoms with Crippen molar-refractivity contribution in [1.82, 2.24) is 15.0 Å². The molecule has 2 aromatic heterocycles. The molecule has 0 aliphatic carbocycles. The van der Waals surface area contributed by atoms with Crippen LogP contribution in [0.5, 0.6) is 6.01 Å². The predicted molar refractivity (Wildman–Crippen MR) is 65.5 cm³/mol. The molecule has 0 aliphatic heterocycles. The van der Waals surface area contributed by atoms with Crippen molar-refractivity contribution in [3.63, 3.8) is 0 Å². The number of fused-ring (bicyclic) bond motifs is 1. The molecule has 0 bridgehead atoms. The van der Waals surface area contributed by atoms with Gasteiger partial charge >= 0.3 is 5.97 Å². The number of esters is 1. The first-order valence-corrected chi connectivity index (χ1v) is 5.45. The maximum Gasteiger partial charge on any atom is 0.343 e. The van der Waals surface area contributed by atoms with E-state index in [1.54, 1.807) is 6.92 Å². The zero-order valence-electron chi connectivity index (χ0n) is 10.3. The van der Waals surface area contributed by atoms with Crippen LogP contribution in [0.4, 0.5) is 0 Å². The van der Waals surface area contributed by atoms with Gasteiger partial charge in [0, 0.05) is 6.20 Å². The number of H-pyrrole nitrogens is 2. The van der Waals surface area contributed by atoms with Gasteiger partial charge < -0.3 is 14.5 Å². The van der Waals surface area contributed by atoms with Gasteiger partial charge in [0.2, 0.25) is 5.43 Å². The summed E-state index contributed by atoms with van der Waals surface area (Å²) in [6.07, 6.45) is 1.16. The number of ether oxygens (including phenoxy) is 2. The number of hydrogen-bond donors (Lipinski definition) is 2. The van der Waals surface area contributed by atoms with Crippen LogP contribution in [-0.4, -0.2) is 34.6 Å². The maximum atomic E-state index is 12.0. The van der Waals surface area contributed by atoms with Crippen LogP contribution in [-0.2, 0) is 4.74 Å². The number of pyridine rings is 1. The number of nitrogens with one attached hydrogen (secondary N) is 2. The number of rotatable bonds is 3. The molecule has 0 unspecified atom stereocenters. The summed E-state index contributed by atoms with van der Waals surface area (Å²) in [7, 11) is 1.33. The molecule has 8 nitrogen and oxygen atoms in total. The van der Waals surface area contributed by atoms with E-state index < -0.39 is 17.0 Å². The lowest BCUT2D eigenvalue weighted by molar-refractivity contribution is 0.0524. The minimum absolute atomic E-state index is 0.0305. The summed E-state index contributed by atoms with van der Waals surface area (Å²) in [6, 6.07) is -0.0305. The summed E-state index contributed by atoms with van der Waals surface area (Å²) in [5, 5.41) is -0.244. The van der Waals surface area contributed by atoms with E-state index in [0.29, 0.717) is 0 Å². The number of nitrogens with zero attached hydrogens (tertiary/aromatic N) is 1. The molecule has 19 heavy (non-hydrogen) atoms. The molecular weight excluding hydrogens is 254 g/mol. The highest BCUT2D eigenvalue weighted by Gasteiger charge is 2.17. The van der Waals surface area contributed by atoms with E-state index >= 15 is 0 Å². The van der Waals surface area contributed by atoms with E-state index in [-0.39, 0.29) is 29.2 Å². The standard InChI is InChI=1S/C11H11N3O5/c1-3-19-10(17)5-4-12-8-6(7(5)15)9(16)14-11(13-8)18-2/h4H,3H2,1-2H3,(H2,12,13,14,15,16). The highest BCUT2D eigenvalue weighted by Crippen LogP contribution is 2.05. The van der Waals surface area contributed by atoms with Gasteiger partial charge in [-0.1, -0.05) is 0 Å². The summed E-state index contributed by atoms with van der Waals surface area (Å²) < 4.78 is 9.51. The van der Waals surface area contributed by atoms with Gasteiger partial charge in [0.15, 0.2) is 5.65 Å². The number of aromatic amines is 2. The minimum atomic E-state index is -0.791. The van der Waals surface area contributed by atoms with Crippen molar-refractivity contribution in [3.8, 4) is 6.01 Å². The van der Waals surface area contributed by atoms with Crippen molar-refractivity contribution in [3.05, 3.63) is 32.3 Å². The molecule has 0 spiro atoms. The van der Waals surface area contributed by atoms with Gasteiger partial charge in [-0.25, -0.2) is 4.79 Å². The predicted octanol–water partition coefficient (Wildman–Crippen LogP) is -0.203. The lowest BCUT2D eigenvalue weighted by atomic mass is 10.2. The summed E-state index contributed by atoms with van der Waals surface area (Å²) in [4.78, 5) is 44.1. The van der Waals surface area contributed by atoms with Gasteiger partial charge in [-0.3, -0.25) is 14.6 Å². The average Bonchev–Trinajstić information content (AvgIpc) is 2.38. The van der Waals surface area contributed by atoms with E-state index in [4.69, 9.17) is 9.47 Å². The molecule has 0 fully saturated rings. The lowest BCUT2D eigenvalue weighted by Crippen LogP contribution is -2.24. The van der Waals surface area contributed by atoms with E-state index in [0.717, 1.165) is 6.20 Å². The average molecular weight is 265 g/mol. The maximum absolute atomic E-state index is 12.0. The Morgan fingerprint density at radius 2 is 2.16 bits per heavy atom. The molecule has 0 aromatic carbocycles. The summed E-state index contributed by atoms with van der Waals surface area (Å²) >= 11 is 0. The first-order chi connectivity index (χ1) is 9.08. The molecule has 2 aromatic rings. The van der Waals surface area contributed by atoms with E-state index in [1.807, 2.05) is 0 Å². The van der Waals surface area contributed by atoms with Crippen LogP contribution in [0.3, 0.4) is 0 Å².